The lowest BCUT2D eigenvalue weighted by molar-refractivity contribution is 0.0922. The predicted molar refractivity (Wildman–Crippen MR) is 81.9 cm³/mol. The first-order chi connectivity index (χ1) is 9.74. The van der Waals surface area contributed by atoms with Gasteiger partial charge in [-0.05, 0) is 37.7 Å². The molecule has 1 aromatic heterocycles. The Hall–Kier alpha value is -1.58. The molecule has 2 rings (SSSR count). The van der Waals surface area contributed by atoms with Crippen LogP contribution in [0.3, 0.4) is 0 Å². The number of hydrogen-bond donors (Lipinski definition) is 2. The topological polar surface area (TPSA) is 54.0 Å². The van der Waals surface area contributed by atoms with Crippen LogP contribution >= 0.6 is 0 Å². The molecule has 1 amide bonds. The molecule has 0 atom stereocenters. The number of amides is 1. The average molecular weight is 275 g/mol. The number of aromatic nitrogens is 1. The van der Waals surface area contributed by atoms with E-state index in [-0.39, 0.29) is 5.91 Å². The second kappa shape index (κ2) is 7.27. The molecule has 0 saturated heterocycles. The summed E-state index contributed by atoms with van der Waals surface area (Å²) in [5.74, 6) is 0.873. The van der Waals surface area contributed by atoms with Gasteiger partial charge in [0.25, 0.3) is 5.91 Å². The smallest absolute Gasteiger partial charge is 0.253 e. The van der Waals surface area contributed by atoms with Gasteiger partial charge < -0.3 is 10.6 Å². The number of rotatable bonds is 5. The van der Waals surface area contributed by atoms with Crippen LogP contribution in [0.15, 0.2) is 18.5 Å². The van der Waals surface area contributed by atoms with Crippen LogP contribution in [0, 0.1) is 5.92 Å². The molecule has 2 N–H and O–H groups in total. The summed E-state index contributed by atoms with van der Waals surface area (Å²) in [6.07, 6.45) is 10.6. The molecule has 0 unspecified atom stereocenters. The van der Waals surface area contributed by atoms with E-state index in [1.807, 2.05) is 7.05 Å². The van der Waals surface area contributed by atoms with E-state index in [1.165, 1.54) is 25.7 Å². The van der Waals surface area contributed by atoms with Gasteiger partial charge in [-0.2, -0.15) is 0 Å². The molecule has 110 valence electrons. The van der Waals surface area contributed by atoms with Gasteiger partial charge in [0.1, 0.15) is 0 Å². The van der Waals surface area contributed by atoms with Gasteiger partial charge in [0.2, 0.25) is 0 Å². The number of carbonyl (C=O) groups is 1. The maximum Gasteiger partial charge on any atom is 0.253 e. The third-order valence-corrected chi connectivity index (χ3v) is 4.21. The Morgan fingerprint density at radius 1 is 1.35 bits per heavy atom. The zero-order valence-electron chi connectivity index (χ0n) is 12.5. The Morgan fingerprint density at radius 2 is 2.10 bits per heavy atom. The number of hydrogen-bond acceptors (Lipinski definition) is 3. The van der Waals surface area contributed by atoms with Gasteiger partial charge in [-0.1, -0.05) is 19.8 Å². The van der Waals surface area contributed by atoms with Gasteiger partial charge in [0.15, 0.2) is 0 Å². The zero-order chi connectivity index (χ0) is 14.4. The summed E-state index contributed by atoms with van der Waals surface area (Å²) >= 11 is 0. The minimum absolute atomic E-state index is 0.00990. The van der Waals surface area contributed by atoms with Gasteiger partial charge in [-0.15, -0.1) is 0 Å². The third-order valence-electron chi connectivity index (χ3n) is 4.21. The molecule has 1 heterocycles. The molecule has 1 aromatic rings. The average Bonchev–Trinajstić information content (AvgIpc) is 2.49. The van der Waals surface area contributed by atoms with Gasteiger partial charge in [0, 0.05) is 19.3 Å². The molecule has 4 nitrogen and oxygen atoms in total. The van der Waals surface area contributed by atoms with E-state index < -0.39 is 0 Å². The van der Waals surface area contributed by atoms with Crippen LogP contribution in [0.4, 0.5) is 5.69 Å². The van der Waals surface area contributed by atoms with Crippen molar-refractivity contribution in [2.24, 2.45) is 5.92 Å². The molecule has 0 spiro atoms. The minimum Gasteiger partial charge on any atom is -0.386 e. The van der Waals surface area contributed by atoms with E-state index in [9.17, 15) is 4.79 Å². The maximum absolute atomic E-state index is 12.3. The first kappa shape index (κ1) is 14.8. The molecule has 0 bridgehead atoms. The highest BCUT2D eigenvalue weighted by Gasteiger charge is 2.22. The Bertz CT molecular complexity index is 439. The Morgan fingerprint density at radius 3 is 2.75 bits per heavy atom. The number of nitrogens with zero attached hydrogens (tertiary/aromatic N) is 1. The molecular weight excluding hydrogens is 250 g/mol. The normalized spacial score (nSPS) is 22.3. The summed E-state index contributed by atoms with van der Waals surface area (Å²) in [6.45, 7) is 2.25. The highest BCUT2D eigenvalue weighted by Crippen LogP contribution is 2.28. The van der Waals surface area contributed by atoms with Crippen molar-refractivity contribution in [3.8, 4) is 0 Å². The van der Waals surface area contributed by atoms with E-state index in [1.54, 1.807) is 18.5 Å². The van der Waals surface area contributed by atoms with Crippen LogP contribution in [0.2, 0.25) is 0 Å². The molecule has 1 saturated carbocycles. The standard InChI is InChI=1S/C16H25N3O/c1-3-4-12-5-7-13(8-6-12)19-16(20)14-9-10-18-11-15(14)17-2/h9-13,17H,3-8H2,1-2H3,(H,19,20). The van der Waals surface area contributed by atoms with Crippen molar-refractivity contribution in [1.29, 1.82) is 0 Å². The zero-order valence-corrected chi connectivity index (χ0v) is 12.5. The molecule has 1 aliphatic carbocycles. The quantitative estimate of drug-likeness (QED) is 0.867. The van der Waals surface area contributed by atoms with Crippen LogP contribution < -0.4 is 10.6 Å². The monoisotopic (exact) mass is 275 g/mol. The summed E-state index contributed by atoms with van der Waals surface area (Å²) in [5, 5.41) is 6.18. The fraction of sp³-hybridized carbons (Fsp3) is 0.625. The fourth-order valence-electron chi connectivity index (χ4n) is 3.06. The number of carbonyl (C=O) groups excluding carboxylic acids is 1. The molecule has 0 aromatic carbocycles. The third kappa shape index (κ3) is 3.71. The van der Waals surface area contributed by atoms with Crippen LogP contribution in [0.25, 0.3) is 0 Å². The van der Waals surface area contributed by atoms with Gasteiger partial charge in [-0.25, -0.2) is 0 Å². The lowest BCUT2D eigenvalue weighted by Gasteiger charge is -2.29. The summed E-state index contributed by atoms with van der Waals surface area (Å²) in [5.41, 5.74) is 1.46. The predicted octanol–water partition coefficient (Wildman–Crippen LogP) is 3.21. The Balaban J connectivity index is 1.89. The lowest BCUT2D eigenvalue weighted by Crippen LogP contribution is -2.37. The number of anilines is 1. The van der Waals surface area contributed by atoms with Crippen molar-refractivity contribution in [3.05, 3.63) is 24.0 Å². The summed E-state index contributed by atoms with van der Waals surface area (Å²) in [7, 11) is 1.81. The highest BCUT2D eigenvalue weighted by molar-refractivity contribution is 5.99. The minimum atomic E-state index is 0.00990. The van der Waals surface area contributed by atoms with Gasteiger partial charge in [-0.3, -0.25) is 9.78 Å². The lowest BCUT2D eigenvalue weighted by atomic mass is 9.83. The number of pyridine rings is 1. The van der Waals surface area contributed by atoms with Crippen molar-refractivity contribution >= 4 is 11.6 Å². The molecule has 4 heteroatoms. The molecule has 0 radical (unpaired) electrons. The van der Waals surface area contributed by atoms with Crippen molar-refractivity contribution < 1.29 is 4.79 Å². The Kier molecular flexibility index (Phi) is 5.39. The van der Waals surface area contributed by atoms with Crippen molar-refractivity contribution in [3.63, 3.8) is 0 Å². The molecule has 1 fully saturated rings. The SMILES string of the molecule is CCCC1CCC(NC(=O)c2ccncc2NC)CC1. The summed E-state index contributed by atoms with van der Waals surface area (Å²) in [6, 6.07) is 2.10. The summed E-state index contributed by atoms with van der Waals surface area (Å²) in [4.78, 5) is 16.4. The van der Waals surface area contributed by atoms with Crippen LogP contribution in [-0.2, 0) is 0 Å². The van der Waals surface area contributed by atoms with E-state index in [0.29, 0.717) is 11.6 Å². The van der Waals surface area contributed by atoms with Crippen molar-refractivity contribution in [2.75, 3.05) is 12.4 Å². The molecule has 20 heavy (non-hydrogen) atoms. The molecule has 0 aliphatic heterocycles. The second-order valence-electron chi connectivity index (χ2n) is 5.65. The first-order valence-corrected chi connectivity index (χ1v) is 7.67. The second-order valence-corrected chi connectivity index (χ2v) is 5.65. The van der Waals surface area contributed by atoms with Crippen LogP contribution in [-0.4, -0.2) is 24.0 Å². The van der Waals surface area contributed by atoms with Gasteiger partial charge in [0.05, 0.1) is 17.4 Å². The first-order valence-electron chi connectivity index (χ1n) is 7.67. The number of nitrogens with one attached hydrogen (secondary N) is 2. The van der Waals surface area contributed by atoms with Crippen LogP contribution in [0.5, 0.6) is 0 Å². The van der Waals surface area contributed by atoms with Crippen molar-refractivity contribution in [1.82, 2.24) is 10.3 Å². The highest BCUT2D eigenvalue weighted by atomic mass is 16.1. The molecule has 1 aliphatic rings. The largest absolute Gasteiger partial charge is 0.386 e. The van der Waals surface area contributed by atoms with E-state index >= 15 is 0 Å². The van der Waals surface area contributed by atoms with Gasteiger partial charge >= 0.3 is 0 Å². The van der Waals surface area contributed by atoms with E-state index in [2.05, 4.69) is 22.5 Å². The maximum atomic E-state index is 12.3. The summed E-state index contributed by atoms with van der Waals surface area (Å²) < 4.78 is 0. The Labute approximate surface area is 121 Å². The van der Waals surface area contributed by atoms with E-state index in [4.69, 9.17) is 0 Å². The fourth-order valence-corrected chi connectivity index (χ4v) is 3.06. The van der Waals surface area contributed by atoms with E-state index in [0.717, 1.165) is 24.4 Å². The van der Waals surface area contributed by atoms with Crippen LogP contribution in [0.1, 0.15) is 55.8 Å². The molecular formula is C16H25N3O. The van der Waals surface area contributed by atoms with Crippen molar-refractivity contribution in [2.45, 2.75) is 51.5 Å².